The summed E-state index contributed by atoms with van der Waals surface area (Å²) in [6.07, 6.45) is 7.13. The van der Waals surface area contributed by atoms with Gasteiger partial charge < -0.3 is 4.57 Å². The lowest BCUT2D eigenvalue weighted by molar-refractivity contribution is 0.0678. The van der Waals surface area contributed by atoms with E-state index in [2.05, 4.69) is 26.7 Å². The van der Waals surface area contributed by atoms with Crippen molar-refractivity contribution in [2.45, 2.75) is 56.6 Å². The minimum atomic E-state index is -2.60. The predicted octanol–water partition coefficient (Wildman–Crippen LogP) is 6.06. The van der Waals surface area contributed by atoms with E-state index in [1.165, 1.54) is 30.6 Å². The highest BCUT2D eigenvalue weighted by Gasteiger charge is 2.17. The average Bonchev–Trinajstić information content (AvgIpc) is 3.31. The summed E-state index contributed by atoms with van der Waals surface area (Å²) in [6, 6.07) is 7.46. The van der Waals surface area contributed by atoms with Crippen molar-refractivity contribution in [1.29, 1.82) is 0 Å². The van der Waals surface area contributed by atoms with Gasteiger partial charge in [0.1, 0.15) is 5.82 Å². The third kappa shape index (κ3) is 5.11. The van der Waals surface area contributed by atoms with Crippen LogP contribution in [0.25, 0.3) is 11.4 Å². The Morgan fingerprint density at radius 1 is 1.11 bits per heavy atom. The molecule has 0 N–H and O–H groups in total. The molecule has 0 aliphatic rings. The van der Waals surface area contributed by atoms with Crippen LogP contribution in [0.1, 0.15) is 45.0 Å². The summed E-state index contributed by atoms with van der Waals surface area (Å²) in [5.41, 5.74) is 0.924. The number of nitrogens with zero attached hydrogens (tertiary/aromatic N) is 5. The molecule has 1 aromatic carbocycles. The number of rotatable bonds is 10. The van der Waals surface area contributed by atoms with Crippen molar-refractivity contribution in [2.75, 3.05) is 0 Å². The molecule has 0 aliphatic heterocycles. The van der Waals surface area contributed by atoms with Gasteiger partial charge in [-0.1, -0.05) is 49.5 Å². The molecule has 28 heavy (non-hydrogen) atoms. The molecule has 2 aromatic heterocycles. The first kappa shape index (κ1) is 20.8. The van der Waals surface area contributed by atoms with Crippen molar-refractivity contribution >= 4 is 23.4 Å². The van der Waals surface area contributed by atoms with E-state index in [9.17, 15) is 8.78 Å². The topological polar surface area (TPSA) is 48.5 Å². The highest BCUT2D eigenvalue weighted by atomic mass is 35.5. The quantitative estimate of drug-likeness (QED) is 0.292. The summed E-state index contributed by atoms with van der Waals surface area (Å²) in [5.74, 6) is 1.37. The molecule has 0 saturated heterocycles. The van der Waals surface area contributed by atoms with Crippen LogP contribution in [-0.2, 0) is 12.3 Å². The second kappa shape index (κ2) is 10.0. The fourth-order valence-corrected chi connectivity index (χ4v) is 3.91. The zero-order valence-electron chi connectivity index (χ0n) is 15.6. The Kier molecular flexibility index (Phi) is 7.44. The van der Waals surface area contributed by atoms with Crippen LogP contribution in [0, 0.1) is 0 Å². The lowest BCUT2D eigenvalue weighted by atomic mass is 10.2. The number of alkyl halides is 2. The number of aromatic nitrogens is 5. The van der Waals surface area contributed by atoms with Crippen LogP contribution in [0.3, 0.4) is 0 Å². The lowest BCUT2D eigenvalue weighted by Gasteiger charge is -2.11. The Morgan fingerprint density at radius 3 is 2.61 bits per heavy atom. The minimum Gasteiger partial charge on any atom is -0.302 e. The molecule has 3 aromatic rings. The van der Waals surface area contributed by atoms with E-state index < -0.39 is 6.55 Å². The number of unbranched alkanes of at least 4 members (excludes halogenated alkanes) is 3. The van der Waals surface area contributed by atoms with Crippen molar-refractivity contribution in [3.8, 4) is 11.4 Å². The largest absolute Gasteiger partial charge is 0.319 e. The molecule has 0 spiro atoms. The number of hydrogen-bond donors (Lipinski definition) is 0. The van der Waals surface area contributed by atoms with E-state index >= 15 is 0 Å². The van der Waals surface area contributed by atoms with Crippen molar-refractivity contribution in [2.24, 2.45) is 0 Å². The summed E-state index contributed by atoms with van der Waals surface area (Å²) >= 11 is 7.36. The molecule has 0 atom stereocenters. The molecule has 2 heterocycles. The highest BCUT2D eigenvalue weighted by Crippen LogP contribution is 2.28. The highest BCUT2D eigenvalue weighted by molar-refractivity contribution is 7.98. The molecular formula is C19H22ClF2N5S. The van der Waals surface area contributed by atoms with E-state index in [0.29, 0.717) is 21.8 Å². The molecule has 0 bridgehead atoms. The number of benzene rings is 1. The Morgan fingerprint density at radius 2 is 1.89 bits per heavy atom. The Balaban J connectivity index is 1.80. The van der Waals surface area contributed by atoms with Crippen molar-refractivity contribution in [3.63, 3.8) is 0 Å². The summed E-state index contributed by atoms with van der Waals surface area (Å²) in [4.78, 5) is 4.03. The average molecular weight is 426 g/mol. The van der Waals surface area contributed by atoms with Gasteiger partial charge in [-0.3, -0.25) is 4.57 Å². The maximum absolute atomic E-state index is 13.0. The molecular weight excluding hydrogens is 404 g/mol. The maximum Gasteiger partial charge on any atom is 0.319 e. The molecule has 0 radical (unpaired) electrons. The van der Waals surface area contributed by atoms with Crippen molar-refractivity contribution < 1.29 is 8.78 Å². The molecule has 0 amide bonds. The molecule has 0 saturated carbocycles. The van der Waals surface area contributed by atoms with Crippen LogP contribution in [0.4, 0.5) is 8.78 Å². The monoisotopic (exact) mass is 425 g/mol. The van der Waals surface area contributed by atoms with Crippen LogP contribution in [0.15, 0.2) is 41.8 Å². The number of imidazole rings is 1. The Labute approximate surface area is 172 Å². The van der Waals surface area contributed by atoms with Crippen molar-refractivity contribution in [1.82, 2.24) is 24.3 Å². The van der Waals surface area contributed by atoms with E-state index in [1.807, 2.05) is 24.3 Å². The zero-order valence-corrected chi connectivity index (χ0v) is 17.1. The van der Waals surface area contributed by atoms with Crippen LogP contribution in [0.2, 0.25) is 5.02 Å². The van der Waals surface area contributed by atoms with E-state index in [4.69, 9.17) is 11.6 Å². The standard InChI is InChI=1S/C19H22ClF2N5S/c1-2-3-4-5-11-27-17(14-6-8-15(20)9-7-14)24-25-19(27)28-13-16-23-10-12-26(16)18(21)22/h6-10,12,18H,2-5,11,13H2,1H3. The number of halogens is 3. The first-order valence-corrected chi connectivity index (χ1v) is 10.6. The molecule has 0 fully saturated rings. The molecule has 5 nitrogen and oxygen atoms in total. The van der Waals surface area contributed by atoms with E-state index in [1.54, 1.807) is 0 Å². The van der Waals surface area contributed by atoms with Crippen molar-refractivity contribution in [3.05, 3.63) is 47.5 Å². The van der Waals surface area contributed by atoms with Gasteiger partial charge in [-0.25, -0.2) is 4.98 Å². The Bertz CT molecular complexity index is 879. The Hall–Kier alpha value is -1.93. The van der Waals surface area contributed by atoms with Crippen LogP contribution >= 0.6 is 23.4 Å². The molecule has 9 heteroatoms. The van der Waals surface area contributed by atoms with Crippen LogP contribution in [-0.4, -0.2) is 24.3 Å². The normalized spacial score (nSPS) is 11.5. The smallest absolute Gasteiger partial charge is 0.302 e. The predicted molar refractivity (Wildman–Crippen MR) is 108 cm³/mol. The van der Waals surface area contributed by atoms with Gasteiger partial charge >= 0.3 is 6.55 Å². The fourth-order valence-electron chi connectivity index (χ4n) is 2.87. The summed E-state index contributed by atoms with van der Waals surface area (Å²) in [7, 11) is 0. The molecule has 0 unspecified atom stereocenters. The van der Waals surface area contributed by atoms with Gasteiger partial charge in [0.15, 0.2) is 11.0 Å². The summed E-state index contributed by atoms with van der Waals surface area (Å²) < 4.78 is 29.0. The second-order valence-electron chi connectivity index (χ2n) is 6.34. The van der Waals surface area contributed by atoms with Gasteiger partial charge in [-0.05, 0) is 30.7 Å². The number of thioether (sulfide) groups is 1. The molecule has 150 valence electrons. The number of hydrogen-bond acceptors (Lipinski definition) is 4. The maximum atomic E-state index is 13.0. The second-order valence-corrected chi connectivity index (χ2v) is 7.72. The SMILES string of the molecule is CCCCCCn1c(SCc2nccn2C(F)F)nnc1-c1ccc(Cl)cc1. The first-order valence-electron chi connectivity index (χ1n) is 9.22. The first-order chi connectivity index (χ1) is 13.6. The zero-order chi connectivity index (χ0) is 19.9. The third-order valence-corrected chi connectivity index (χ3v) is 5.56. The van der Waals surface area contributed by atoms with Gasteiger partial charge in [0.2, 0.25) is 0 Å². The van der Waals surface area contributed by atoms with Gasteiger partial charge in [0.25, 0.3) is 0 Å². The minimum absolute atomic E-state index is 0.297. The third-order valence-electron chi connectivity index (χ3n) is 4.34. The molecule has 0 aliphatic carbocycles. The fraction of sp³-hybridized carbons (Fsp3) is 0.421. The summed E-state index contributed by atoms with van der Waals surface area (Å²) in [6.45, 7) is 0.343. The van der Waals surface area contributed by atoms with E-state index in [0.717, 1.165) is 41.8 Å². The molecule has 3 rings (SSSR count). The van der Waals surface area contributed by atoms with Gasteiger partial charge in [0, 0.05) is 29.5 Å². The lowest BCUT2D eigenvalue weighted by Crippen LogP contribution is -2.05. The van der Waals surface area contributed by atoms with Crippen LogP contribution in [0.5, 0.6) is 0 Å². The van der Waals surface area contributed by atoms with E-state index in [-0.39, 0.29) is 0 Å². The van der Waals surface area contributed by atoms with Crippen LogP contribution < -0.4 is 0 Å². The van der Waals surface area contributed by atoms with Gasteiger partial charge in [-0.2, -0.15) is 8.78 Å². The van der Waals surface area contributed by atoms with Gasteiger partial charge in [0.05, 0.1) is 5.75 Å². The van der Waals surface area contributed by atoms with Gasteiger partial charge in [-0.15, -0.1) is 10.2 Å². The summed E-state index contributed by atoms with van der Waals surface area (Å²) in [5, 5.41) is 10.0.